The summed E-state index contributed by atoms with van der Waals surface area (Å²) in [6.45, 7) is 8.61. The van der Waals surface area contributed by atoms with Gasteiger partial charge >= 0.3 is 0 Å². The highest BCUT2D eigenvalue weighted by atomic mass is 32.2. The molecule has 0 aromatic heterocycles. The van der Waals surface area contributed by atoms with E-state index in [9.17, 15) is 19.2 Å². The Hall–Kier alpha value is -2.95. The molecule has 1 atom stereocenters. The molecule has 240 valence electrons. The molecule has 0 bridgehead atoms. The molecule has 0 saturated carbocycles. The van der Waals surface area contributed by atoms with Crippen molar-refractivity contribution in [2.75, 3.05) is 36.9 Å². The summed E-state index contributed by atoms with van der Waals surface area (Å²) < 4.78 is 4.85. The second kappa shape index (κ2) is 17.5. The number of rotatable bonds is 17. The van der Waals surface area contributed by atoms with Gasteiger partial charge in [0.25, 0.3) is 0 Å². The first-order chi connectivity index (χ1) is 21.0. The van der Waals surface area contributed by atoms with E-state index in [1.54, 1.807) is 11.0 Å². The minimum absolute atomic E-state index is 0.0119. The van der Waals surface area contributed by atoms with Gasteiger partial charge in [-0.05, 0) is 60.5 Å². The molecule has 1 saturated heterocycles. The van der Waals surface area contributed by atoms with Gasteiger partial charge in [0.15, 0.2) is 0 Å². The van der Waals surface area contributed by atoms with Crippen LogP contribution in [0.15, 0.2) is 60.7 Å². The number of para-hydroxylation sites is 1. The molecule has 1 aromatic rings. The van der Waals surface area contributed by atoms with Crippen LogP contribution in [-0.4, -0.2) is 81.9 Å². The van der Waals surface area contributed by atoms with Crippen LogP contribution in [0.1, 0.15) is 56.9 Å². The zero-order valence-corrected chi connectivity index (χ0v) is 27.0. The largest absolute Gasteiger partial charge is 0.356 e. The van der Waals surface area contributed by atoms with Crippen LogP contribution in [0.3, 0.4) is 0 Å². The fourth-order valence-corrected chi connectivity index (χ4v) is 6.79. The summed E-state index contributed by atoms with van der Waals surface area (Å²) in [5, 5.41) is 2.32. The van der Waals surface area contributed by atoms with Crippen molar-refractivity contribution in [3.63, 3.8) is 0 Å². The smallest absolute Gasteiger partial charge is 0.245 e. The molecular formula is C32H44N3O7PS. The van der Waals surface area contributed by atoms with Gasteiger partial charge in [-0.25, -0.2) is 0 Å². The molecule has 4 amide bonds. The van der Waals surface area contributed by atoms with Gasteiger partial charge < -0.3 is 24.5 Å². The molecule has 1 aromatic carbocycles. The van der Waals surface area contributed by atoms with Crippen LogP contribution in [-0.2, 0) is 30.1 Å². The third-order valence-electron chi connectivity index (χ3n) is 7.56. The maximum absolute atomic E-state index is 13.3. The number of aryl methyl sites for hydroxylation is 1. The summed E-state index contributed by atoms with van der Waals surface area (Å²) in [7, 11) is -3.43. The van der Waals surface area contributed by atoms with Gasteiger partial charge in [0.1, 0.15) is 0 Å². The van der Waals surface area contributed by atoms with E-state index in [1.807, 2.05) is 30.3 Å². The second-order valence-corrected chi connectivity index (χ2v) is 13.7. The van der Waals surface area contributed by atoms with Crippen LogP contribution in [0.25, 0.3) is 0 Å². The normalized spacial score (nSPS) is 18.9. The number of allylic oxidation sites excluding steroid dienone is 2. The van der Waals surface area contributed by atoms with Crippen molar-refractivity contribution >= 4 is 54.9 Å². The minimum Gasteiger partial charge on any atom is -0.356 e. The Bertz CT molecular complexity index is 1310. The Kier molecular flexibility index (Phi) is 14.1. The van der Waals surface area contributed by atoms with Crippen molar-refractivity contribution in [2.45, 2.75) is 63.0 Å². The minimum atomic E-state index is -3.43. The Morgan fingerprint density at radius 2 is 1.77 bits per heavy atom. The molecule has 44 heavy (non-hydrogen) atoms. The summed E-state index contributed by atoms with van der Waals surface area (Å²) in [6, 6.07) is 7.82. The summed E-state index contributed by atoms with van der Waals surface area (Å²) in [5.74, 6) is -0.273. The number of thioether (sulfide) groups is 1. The van der Waals surface area contributed by atoms with Gasteiger partial charge in [0.2, 0.25) is 31.2 Å². The Labute approximate surface area is 264 Å². The highest BCUT2D eigenvalue weighted by molar-refractivity contribution is 8.00. The predicted octanol–water partition coefficient (Wildman–Crippen LogP) is 4.15. The first-order valence-corrected chi connectivity index (χ1v) is 17.8. The zero-order chi connectivity index (χ0) is 32.1. The number of carbonyl (C=O) groups excluding carboxylic acids is 4. The molecule has 12 heteroatoms. The van der Waals surface area contributed by atoms with E-state index in [1.165, 1.54) is 11.8 Å². The van der Waals surface area contributed by atoms with Gasteiger partial charge in [0.05, 0.1) is 18.4 Å². The van der Waals surface area contributed by atoms with Crippen LogP contribution in [0, 0.1) is 0 Å². The number of anilines is 1. The zero-order valence-electron chi connectivity index (χ0n) is 25.2. The van der Waals surface area contributed by atoms with E-state index in [4.69, 9.17) is 14.3 Å². The molecule has 0 spiro atoms. The highest BCUT2D eigenvalue weighted by Crippen LogP contribution is 2.35. The number of hydrogen-bond acceptors (Lipinski definition) is 8. The van der Waals surface area contributed by atoms with E-state index in [0.717, 1.165) is 65.2 Å². The third-order valence-corrected chi connectivity index (χ3v) is 9.45. The fraction of sp³-hybridized carbons (Fsp3) is 0.469. The number of nitrogens with one attached hydrogen (secondary N) is 1. The van der Waals surface area contributed by atoms with Crippen LogP contribution < -0.4 is 10.2 Å². The monoisotopic (exact) mass is 645 g/mol. The van der Waals surface area contributed by atoms with Crippen LogP contribution >= 0.6 is 19.3 Å². The maximum atomic E-state index is 13.3. The number of hydrogen-bond donors (Lipinski definition) is 3. The number of benzene rings is 1. The van der Waals surface area contributed by atoms with Crippen molar-refractivity contribution in [3.05, 3.63) is 66.3 Å². The predicted molar refractivity (Wildman–Crippen MR) is 177 cm³/mol. The first-order valence-electron chi connectivity index (χ1n) is 14.9. The topological polar surface area (TPSA) is 136 Å². The van der Waals surface area contributed by atoms with E-state index in [2.05, 4.69) is 24.8 Å². The lowest BCUT2D eigenvalue weighted by Gasteiger charge is -2.29. The molecule has 0 radical (unpaired) electrons. The van der Waals surface area contributed by atoms with E-state index in [0.29, 0.717) is 13.0 Å². The average Bonchev–Trinajstić information content (AvgIpc) is 3.24. The third kappa shape index (κ3) is 10.9. The summed E-state index contributed by atoms with van der Waals surface area (Å²) in [6.07, 6.45) is 11.8. The van der Waals surface area contributed by atoms with Gasteiger partial charge in [-0.1, -0.05) is 56.4 Å². The summed E-state index contributed by atoms with van der Waals surface area (Å²) in [4.78, 5) is 72.2. The van der Waals surface area contributed by atoms with Crippen LogP contribution in [0.2, 0.25) is 0 Å². The van der Waals surface area contributed by atoms with Crippen molar-refractivity contribution in [3.8, 4) is 0 Å². The van der Waals surface area contributed by atoms with Crippen molar-refractivity contribution in [1.29, 1.82) is 0 Å². The van der Waals surface area contributed by atoms with Gasteiger partial charge in [-0.3, -0.25) is 24.1 Å². The first kappa shape index (κ1) is 35.5. The number of amides is 4. The molecule has 3 rings (SSSR count). The number of unbranched alkanes of at least 4 members (excludes halogenated alkanes) is 3. The van der Waals surface area contributed by atoms with Crippen LogP contribution in [0.4, 0.5) is 5.69 Å². The number of likely N-dealkylation sites (tertiary alicyclic amines) is 1. The van der Waals surface area contributed by atoms with E-state index < -0.39 is 12.8 Å². The quantitative estimate of drug-likeness (QED) is 0.131. The molecule has 1 unspecified atom stereocenters. The Balaban J connectivity index is 1.40. The summed E-state index contributed by atoms with van der Waals surface area (Å²) in [5.41, 5.74) is 3.93. The molecule has 2 aliphatic heterocycles. The van der Waals surface area contributed by atoms with Gasteiger partial charge in [-0.15, -0.1) is 11.8 Å². The Morgan fingerprint density at radius 3 is 2.50 bits per heavy atom. The number of imide groups is 1. The molecule has 2 aliphatic rings. The fourth-order valence-electron chi connectivity index (χ4n) is 5.18. The summed E-state index contributed by atoms with van der Waals surface area (Å²) >= 11 is 1.45. The van der Waals surface area contributed by atoms with Crippen molar-refractivity contribution in [2.24, 2.45) is 0 Å². The highest BCUT2D eigenvalue weighted by Gasteiger charge is 2.38. The average molecular weight is 646 g/mol. The lowest BCUT2D eigenvalue weighted by molar-refractivity contribution is -0.138. The lowest BCUT2D eigenvalue weighted by Crippen LogP contribution is -2.38. The SMILES string of the molecule is C=C/C1=C(\C=C)CN(C(=O)CCNC(=O)CCN2C(=O)CC(SCCCCCCOP(=C)(O)O)C2=O)c2ccccc2CC1. The Morgan fingerprint density at radius 1 is 1.05 bits per heavy atom. The number of carbonyl (C=O) groups is 4. The number of nitrogens with zero attached hydrogens (tertiary/aromatic N) is 2. The standard InChI is InChI=1S/C32H44N3O7PS/c1-4-24-14-15-26-12-8-9-13-27(26)35(23-25(24)5-2)30(37)16-18-33-29(36)17-19-34-31(38)22-28(32(34)39)44-21-11-7-6-10-20-42-43(3,40)41/h4-5,8-9,12-13,28,40-41H,1-3,6-7,10-11,14-23H2,(H,33,36)/b25-24-. The number of fused-ring (bicyclic) bond motifs is 1. The molecule has 0 aliphatic carbocycles. The van der Waals surface area contributed by atoms with E-state index in [-0.39, 0.29) is 62.6 Å². The molecule has 1 fully saturated rings. The second-order valence-electron chi connectivity index (χ2n) is 10.8. The van der Waals surface area contributed by atoms with Gasteiger partial charge in [0, 0.05) is 38.0 Å². The molecule has 3 N–H and O–H groups in total. The maximum Gasteiger partial charge on any atom is 0.245 e. The molecular weight excluding hydrogens is 601 g/mol. The molecule has 10 nitrogen and oxygen atoms in total. The van der Waals surface area contributed by atoms with Gasteiger partial charge in [-0.2, -0.15) is 0 Å². The van der Waals surface area contributed by atoms with Crippen molar-refractivity contribution < 1.29 is 33.5 Å². The van der Waals surface area contributed by atoms with Crippen LogP contribution in [0.5, 0.6) is 0 Å². The lowest BCUT2D eigenvalue weighted by atomic mass is 9.95. The van der Waals surface area contributed by atoms with Crippen molar-refractivity contribution in [1.82, 2.24) is 10.2 Å². The van der Waals surface area contributed by atoms with E-state index >= 15 is 0 Å². The molecule has 2 heterocycles.